The molecule has 0 amide bonds. The van der Waals surface area contributed by atoms with E-state index < -0.39 is 0 Å². The van der Waals surface area contributed by atoms with Gasteiger partial charge in [0.05, 0.1) is 37.6 Å². The zero-order valence-corrected chi connectivity index (χ0v) is 19.0. The predicted molar refractivity (Wildman–Crippen MR) is 123 cm³/mol. The minimum absolute atomic E-state index is 0.300. The van der Waals surface area contributed by atoms with Crippen LogP contribution in [0.2, 0.25) is 0 Å². The normalized spacial score (nSPS) is 10.8. The van der Waals surface area contributed by atoms with Crippen molar-refractivity contribution in [3.63, 3.8) is 0 Å². The zero-order valence-electron chi connectivity index (χ0n) is 18.2. The first-order valence-corrected chi connectivity index (χ1v) is 10.7. The molecule has 0 saturated heterocycles. The highest BCUT2D eigenvalue weighted by atomic mass is 32.1. The smallest absolute Gasteiger partial charge is 0.203 e. The monoisotopic (exact) mass is 454 g/mol. The number of hydrogen-bond acceptors (Lipinski definition) is 7. The topological polar surface area (TPSA) is 70.4 Å². The standard InChI is InChI=1S/C23H23FN4O3S/c1-14-22(18-10-11-28(27-18)17-7-5-6-16(24)12-17)32-23(26-14)25-13-15-8-9-19(29-2)21(31-4)20(15)30-3/h5-12H,13H2,1-4H3,(H,25,26). The number of aromatic nitrogens is 3. The van der Waals surface area contributed by atoms with E-state index in [1.54, 1.807) is 32.1 Å². The van der Waals surface area contributed by atoms with Crippen LogP contribution in [0, 0.1) is 12.7 Å². The highest BCUT2D eigenvalue weighted by Crippen LogP contribution is 2.40. The van der Waals surface area contributed by atoms with Gasteiger partial charge >= 0.3 is 0 Å². The lowest BCUT2D eigenvalue weighted by atomic mass is 10.1. The molecule has 166 valence electrons. The fraction of sp³-hybridized carbons (Fsp3) is 0.217. The van der Waals surface area contributed by atoms with Crippen LogP contribution >= 0.6 is 11.3 Å². The van der Waals surface area contributed by atoms with Crippen LogP contribution in [0.25, 0.3) is 16.3 Å². The van der Waals surface area contributed by atoms with Crippen molar-refractivity contribution in [1.82, 2.24) is 14.8 Å². The molecule has 0 atom stereocenters. The van der Waals surface area contributed by atoms with E-state index in [2.05, 4.69) is 15.4 Å². The molecule has 32 heavy (non-hydrogen) atoms. The van der Waals surface area contributed by atoms with Gasteiger partial charge in [0.25, 0.3) is 0 Å². The highest BCUT2D eigenvalue weighted by molar-refractivity contribution is 7.19. The number of hydrogen-bond donors (Lipinski definition) is 1. The number of rotatable bonds is 8. The summed E-state index contributed by atoms with van der Waals surface area (Å²) in [6.45, 7) is 2.43. The second kappa shape index (κ2) is 9.27. The first-order valence-electron chi connectivity index (χ1n) is 9.85. The van der Waals surface area contributed by atoms with Gasteiger partial charge in [-0.3, -0.25) is 0 Å². The van der Waals surface area contributed by atoms with E-state index in [1.807, 2.05) is 37.4 Å². The average Bonchev–Trinajstić information content (AvgIpc) is 3.43. The van der Waals surface area contributed by atoms with Crippen LogP contribution < -0.4 is 19.5 Å². The molecule has 4 aromatic rings. The van der Waals surface area contributed by atoms with E-state index in [4.69, 9.17) is 14.2 Å². The third-order valence-corrected chi connectivity index (χ3v) is 6.04. The number of ether oxygens (including phenoxy) is 3. The third-order valence-electron chi connectivity index (χ3n) is 4.91. The zero-order chi connectivity index (χ0) is 22.7. The molecular weight excluding hydrogens is 431 g/mol. The summed E-state index contributed by atoms with van der Waals surface area (Å²) in [6.07, 6.45) is 1.81. The summed E-state index contributed by atoms with van der Waals surface area (Å²) in [5.74, 6) is 1.47. The van der Waals surface area contributed by atoms with Gasteiger partial charge < -0.3 is 19.5 Å². The Hall–Kier alpha value is -3.59. The minimum Gasteiger partial charge on any atom is -0.493 e. The minimum atomic E-state index is -0.300. The SMILES string of the molecule is COc1ccc(CNc2nc(C)c(-c3ccn(-c4cccc(F)c4)n3)s2)c(OC)c1OC. The lowest BCUT2D eigenvalue weighted by Crippen LogP contribution is -2.04. The van der Waals surface area contributed by atoms with E-state index >= 15 is 0 Å². The molecule has 1 N–H and O–H groups in total. The summed E-state index contributed by atoms with van der Waals surface area (Å²) >= 11 is 1.51. The number of halogens is 1. The first-order chi connectivity index (χ1) is 15.5. The van der Waals surface area contributed by atoms with Gasteiger partial charge in [0.1, 0.15) is 11.5 Å². The van der Waals surface area contributed by atoms with E-state index in [9.17, 15) is 4.39 Å². The van der Waals surface area contributed by atoms with Crippen LogP contribution in [0.3, 0.4) is 0 Å². The van der Waals surface area contributed by atoms with Gasteiger partial charge in [-0.2, -0.15) is 5.10 Å². The van der Waals surface area contributed by atoms with Crippen molar-refractivity contribution < 1.29 is 18.6 Å². The maximum Gasteiger partial charge on any atom is 0.203 e. The van der Waals surface area contributed by atoms with E-state index in [-0.39, 0.29) is 5.82 Å². The summed E-state index contributed by atoms with van der Waals surface area (Å²) < 4.78 is 31.5. The van der Waals surface area contributed by atoms with E-state index in [0.29, 0.717) is 29.5 Å². The molecule has 0 aliphatic heterocycles. The van der Waals surface area contributed by atoms with Gasteiger partial charge in [-0.05, 0) is 43.3 Å². The molecule has 0 radical (unpaired) electrons. The van der Waals surface area contributed by atoms with Gasteiger partial charge in [-0.25, -0.2) is 14.1 Å². The van der Waals surface area contributed by atoms with Gasteiger partial charge in [0, 0.05) is 18.3 Å². The van der Waals surface area contributed by atoms with Crippen molar-refractivity contribution in [1.29, 1.82) is 0 Å². The average molecular weight is 455 g/mol. The van der Waals surface area contributed by atoms with E-state index in [1.165, 1.54) is 23.5 Å². The first kappa shape index (κ1) is 21.6. The lowest BCUT2D eigenvalue weighted by molar-refractivity contribution is 0.322. The molecule has 0 spiro atoms. The second-order valence-electron chi connectivity index (χ2n) is 6.91. The number of thiazole rings is 1. The van der Waals surface area contributed by atoms with Gasteiger partial charge in [0.15, 0.2) is 16.6 Å². The third kappa shape index (κ3) is 4.24. The van der Waals surface area contributed by atoms with Gasteiger partial charge in [-0.1, -0.05) is 17.4 Å². The molecule has 0 bridgehead atoms. The Labute approximate surface area is 189 Å². The molecule has 4 rings (SSSR count). The molecule has 7 nitrogen and oxygen atoms in total. The number of nitrogens with zero attached hydrogens (tertiary/aromatic N) is 3. The molecule has 9 heteroatoms. The summed E-state index contributed by atoms with van der Waals surface area (Å²) in [7, 11) is 4.77. The van der Waals surface area contributed by atoms with Crippen LogP contribution in [-0.4, -0.2) is 36.1 Å². The van der Waals surface area contributed by atoms with Gasteiger partial charge in [0.2, 0.25) is 5.75 Å². The maximum absolute atomic E-state index is 13.5. The van der Waals surface area contributed by atoms with Crippen LogP contribution in [0.5, 0.6) is 17.2 Å². The van der Waals surface area contributed by atoms with Crippen LogP contribution in [0.15, 0.2) is 48.7 Å². The Morgan fingerprint density at radius 2 is 1.84 bits per heavy atom. The van der Waals surface area contributed by atoms with Crippen LogP contribution in [-0.2, 0) is 6.54 Å². The summed E-state index contributed by atoms with van der Waals surface area (Å²) in [6, 6.07) is 12.0. The molecule has 2 aromatic carbocycles. The molecule has 2 heterocycles. The Balaban J connectivity index is 1.54. The Morgan fingerprint density at radius 1 is 1.03 bits per heavy atom. The lowest BCUT2D eigenvalue weighted by Gasteiger charge is -2.15. The molecule has 0 fully saturated rings. The molecule has 0 aliphatic carbocycles. The Kier molecular flexibility index (Phi) is 6.27. The fourth-order valence-electron chi connectivity index (χ4n) is 3.39. The number of methoxy groups -OCH3 is 3. The number of benzene rings is 2. The number of aryl methyl sites for hydroxylation is 1. The largest absolute Gasteiger partial charge is 0.493 e. The van der Waals surface area contributed by atoms with Crippen molar-refractivity contribution in [3.05, 3.63) is 65.7 Å². The van der Waals surface area contributed by atoms with Crippen molar-refractivity contribution in [2.45, 2.75) is 13.5 Å². The molecular formula is C23H23FN4O3S. The van der Waals surface area contributed by atoms with Crippen molar-refractivity contribution in [3.8, 4) is 33.5 Å². The fourth-order valence-corrected chi connectivity index (χ4v) is 4.32. The van der Waals surface area contributed by atoms with Crippen LogP contribution in [0.4, 0.5) is 9.52 Å². The Morgan fingerprint density at radius 3 is 2.56 bits per heavy atom. The molecule has 2 aromatic heterocycles. The van der Waals surface area contributed by atoms with E-state index in [0.717, 1.165) is 27.0 Å². The second-order valence-corrected chi connectivity index (χ2v) is 7.91. The maximum atomic E-state index is 13.5. The van der Waals surface area contributed by atoms with Crippen molar-refractivity contribution in [2.24, 2.45) is 0 Å². The van der Waals surface area contributed by atoms with Crippen molar-refractivity contribution >= 4 is 16.5 Å². The number of nitrogens with one attached hydrogen (secondary N) is 1. The highest BCUT2D eigenvalue weighted by Gasteiger charge is 2.17. The Bertz CT molecular complexity index is 1240. The predicted octanol–water partition coefficient (Wildman–Crippen LogP) is 5.08. The molecule has 0 saturated carbocycles. The van der Waals surface area contributed by atoms with Crippen LogP contribution in [0.1, 0.15) is 11.3 Å². The summed E-state index contributed by atoms with van der Waals surface area (Å²) in [4.78, 5) is 5.58. The molecule has 0 aliphatic rings. The molecule has 0 unspecified atom stereocenters. The van der Waals surface area contributed by atoms with Gasteiger partial charge in [-0.15, -0.1) is 0 Å². The van der Waals surface area contributed by atoms with Crippen molar-refractivity contribution in [2.75, 3.05) is 26.6 Å². The number of anilines is 1. The summed E-state index contributed by atoms with van der Waals surface area (Å²) in [5, 5.41) is 8.70. The summed E-state index contributed by atoms with van der Waals surface area (Å²) in [5.41, 5.74) is 3.22. The quantitative estimate of drug-likeness (QED) is 0.400.